The molecule has 2 rings (SSSR count). The summed E-state index contributed by atoms with van der Waals surface area (Å²) in [6, 6.07) is 0.323. The van der Waals surface area contributed by atoms with Crippen molar-refractivity contribution < 1.29 is 4.74 Å². The first-order chi connectivity index (χ1) is 8.15. The minimum absolute atomic E-state index is 0.0566. The second-order valence-corrected chi connectivity index (χ2v) is 5.12. The Labute approximate surface area is 103 Å². The smallest absolute Gasteiger partial charge is 0.110 e. The molecule has 1 N–H and O–H groups in total. The van der Waals surface area contributed by atoms with Gasteiger partial charge in [0.25, 0.3) is 0 Å². The highest BCUT2D eigenvalue weighted by molar-refractivity contribution is 5.00. The van der Waals surface area contributed by atoms with Crippen LogP contribution < -0.4 is 5.32 Å². The molecule has 2 atom stereocenters. The summed E-state index contributed by atoms with van der Waals surface area (Å²) >= 11 is 0. The monoisotopic (exact) mass is 237 g/mol. The van der Waals surface area contributed by atoms with Crippen molar-refractivity contribution in [2.45, 2.75) is 44.2 Å². The number of ether oxygens (including phenoxy) is 1. The number of rotatable bonds is 4. The van der Waals surface area contributed by atoms with Gasteiger partial charge in [-0.15, -0.1) is 0 Å². The van der Waals surface area contributed by atoms with E-state index < -0.39 is 0 Å². The predicted molar refractivity (Wildman–Crippen MR) is 68.0 cm³/mol. The lowest BCUT2D eigenvalue weighted by Gasteiger charge is -2.40. The second kappa shape index (κ2) is 5.19. The Morgan fingerprint density at radius 3 is 2.94 bits per heavy atom. The molecular formula is C13H23N3O. The molecule has 1 aliphatic rings. The van der Waals surface area contributed by atoms with Gasteiger partial charge in [-0.2, -0.15) is 0 Å². The molecule has 1 aromatic rings. The quantitative estimate of drug-likeness (QED) is 0.863. The summed E-state index contributed by atoms with van der Waals surface area (Å²) in [5.74, 6) is 1.11. The summed E-state index contributed by atoms with van der Waals surface area (Å²) < 4.78 is 8.09. The molecule has 4 nitrogen and oxygen atoms in total. The van der Waals surface area contributed by atoms with Gasteiger partial charge >= 0.3 is 0 Å². The minimum Gasteiger partial charge on any atom is -0.374 e. The lowest BCUT2D eigenvalue weighted by atomic mass is 9.86. The third-order valence-corrected chi connectivity index (χ3v) is 3.89. The molecule has 1 saturated heterocycles. The molecule has 1 aromatic heterocycles. The number of hydrogen-bond donors (Lipinski definition) is 1. The molecule has 0 aliphatic carbocycles. The third kappa shape index (κ3) is 2.69. The number of nitrogens with one attached hydrogen (secondary N) is 1. The summed E-state index contributed by atoms with van der Waals surface area (Å²) in [6.07, 6.45) is 8.33. The molecule has 0 amide bonds. The average molecular weight is 237 g/mol. The van der Waals surface area contributed by atoms with Gasteiger partial charge in [0.15, 0.2) is 0 Å². The van der Waals surface area contributed by atoms with Crippen molar-refractivity contribution in [2.75, 3.05) is 13.7 Å². The normalized spacial score (nSPS) is 27.0. The van der Waals surface area contributed by atoms with E-state index in [4.69, 9.17) is 4.74 Å². The topological polar surface area (TPSA) is 39.1 Å². The number of imidazole rings is 1. The van der Waals surface area contributed by atoms with Gasteiger partial charge in [-0.25, -0.2) is 4.98 Å². The fraction of sp³-hybridized carbons (Fsp3) is 0.769. The van der Waals surface area contributed by atoms with Crippen LogP contribution in [0, 0.1) is 0 Å². The van der Waals surface area contributed by atoms with E-state index >= 15 is 0 Å². The molecule has 0 spiro atoms. The molecular weight excluding hydrogens is 214 g/mol. The Bertz CT molecular complexity index is 355. The first-order valence-electron chi connectivity index (χ1n) is 6.43. The number of hydrogen-bond acceptors (Lipinski definition) is 3. The van der Waals surface area contributed by atoms with Crippen LogP contribution >= 0.6 is 0 Å². The van der Waals surface area contributed by atoms with Gasteiger partial charge in [-0.3, -0.25) is 0 Å². The molecule has 2 unspecified atom stereocenters. The van der Waals surface area contributed by atoms with Crippen LogP contribution in [0.1, 0.15) is 32.0 Å². The fourth-order valence-corrected chi connectivity index (χ4v) is 2.63. The standard InChI is InChI=1S/C13H23N3O/c1-13(6-4-5-9-17-13)11(14-2)10-12-15-7-8-16(12)3/h7-8,11,14H,4-6,9-10H2,1-3H3. The number of aromatic nitrogens is 2. The maximum absolute atomic E-state index is 6.01. The van der Waals surface area contributed by atoms with Crippen molar-refractivity contribution in [3.63, 3.8) is 0 Å². The summed E-state index contributed by atoms with van der Waals surface area (Å²) in [7, 11) is 4.05. The maximum Gasteiger partial charge on any atom is 0.110 e. The number of nitrogens with zero attached hydrogens (tertiary/aromatic N) is 2. The molecule has 96 valence electrons. The van der Waals surface area contributed by atoms with Gasteiger partial charge in [-0.1, -0.05) is 0 Å². The van der Waals surface area contributed by atoms with Crippen molar-refractivity contribution in [3.05, 3.63) is 18.2 Å². The lowest BCUT2D eigenvalue weighted by molar-refractivity contribution is -0.0874. The van der Waals surface area contributed by atoms with E-state index in [2.05, 4.69) is 21.8 Å². The molecule has 1 aliphatic heterocycles. The van der Waals surface area contributed by atoms with Gasteiger partial charge < -0.3 is 14.6 Å². The van der Waals surface area contributed by atoms with Crippen LogP contribution in [-0.4, -0.2) is 34.8 Å². The summed E-state index contributed by atoms with van der Waals surface area (Å²) in [6.45, 7) is 3.10. The van der Waals surface area contributed by atoms with E-state index in [1.165, 1.54) is 12.8 Å². The van der Waals surface area contributed by atoms with Gasteiger partial charge in [-0.05, 0) is 33.2 Å². The molecule has 1 fully saturated rings. The van der Waals surface area contributed by atoms with E-state index in [-0.39, 0.29) is 5.60 Å². The Hall–Kier alpha value is -0.870. The zero-order valence-corrected chi connectivity index (χ0v) is 11.1. The SMILES string of the molecule is CNC(Cc1nccn1C)C1(C)CCCCO1. The highest BCUT2D eigenvalue weighted by atomic mass is 16.5. The van der Waals surface area contributed by atoms with E-state index in [9.17, 15) is 0 Å². The van der Waals surface area contributed by atoms with Crippen LogP contribution in [0.5, 0.6) is 0 Å². The van der Waals surface area contributed by atoms with E-state index in [0.717, 1.165) is 25.3 Å². The van der Waals surface area contributed by atoms with E-state index in [0.29, 0.717) is 6.04 Å². The van der Waals surface area contributed by atoms with Crippen LogP contribution in [0.25, 0.3) is 0 Å². The second-order valence-electron chi connectivity index (χ2n) is 5.12. The molecule has 0 radical (unpaired) electrons. The van der Waals surface area contributed by atoms with Crippen molar-refractivity contribution in [2.24, 2.45) is 7.05 Å². The van der Waals surface area contributed by atoms with E-state index in [1.54, 1.807) is 0 Å². The van der Waals surface area contributed by atoms with E-state index in [1.807, 2.05) is 26.5 Å². The molecule has 2 heterocycles. The zero-order chi connectivity index (χ0) is 12.3. The number of likely N-dealkylation sites (N-methyl/N-ethyl adjacent to an activating group) is 1. The van der Waals surface area contributed by atoms with Gasteiger partial charge in [0, 0.05) is 38.5 Å². The zero-order valence-electron chi connectivity index (χ0n) is 11.1. The molecule has 0 bridgehead atoms. The Morgan fingerprint density at radius 1 is 1.59 bits per heavy atom. The van der Waals surface area contributed by atoms with Gasteiger partial charge in [0.2, 0.25) is 0 Å². The maximum atomic E-state index is 6.01. The first kappa shape index (κ1) is 12.6. The minimum atomic E-state index is -0.0566. The largest absolute Gasteiger partial charge is 0.374 e. The van der Waals surface area contributed by atoms with Crippen molar-refractivity contribution in [1.29, 1.82) is 0 Å². The van der Waals surface area contributed by atoms with Crippen LogP contribution in [0.3, 0.4) is 0 Å². The predicted octanol–water partition coefficient (Wildman–Crippen LogP) is 1.51. The Balaban J connectivity index is 2.08. The Morgan fingerprint density at radius 2 is 2.41 bits per heavy atom. The molecule has 0 aromatic carbocycles. The number of aryl methyl sites for hydroxylation is 1. The van der Waals surface area contributed by atoms with Crippen LogP contribution in [-0.2, 0) is 18.2 Å². The van der Waals surface area contributed by atoms with Crippen molar-refractivity contribution >= 4 is 0 Å². The van der Waals surface area contributed by atoms with Crippen molar-refractivity contribution in [1.82, 2.24) is 14.9 Å². The van der Waals surface area contributed by atoms with Gasteiger partial charge in [0.1, 0.15) is 5.82 Å². The van der Waals surface area contributed by atoms with Crippen LogP contribution in [0.4, 0.5) is 0 Å². The molecule has 17 heavy (non-hydrogen) atoms. The molecule has 4 heteroatoms. The highest BCUT2D eigenvalue weighted by Crippen LogP contribution is 2.29. The van der Waals surface area contributed by atoms with Crippen molar-refractivity contribution in [3.8, 4) is 0 Å². The van der Waals surface area contributed by atoms with Gasteiger partial charge in [0.05, 0.1) is 5.60 Å². The Kier molecular flexibility index (Phi) is 3.84. The van der Waals surface area contributed by atoms with Crippen LogP contribution in [0.2, 0.25) is 0 Å². The fourth-order valence-electron chi connectivity index (χ4n) is 2.63. The van der Waals surface area contributed by atoms with Crippen LogP contribution in [0.15, 0.2) is 12.4 Å². The third-order valence-electron chi connectivity index (χ3n) is 3.89. The highest BCUT2D eigenvalue weighted by Gasteiger charge is 2.36. The molecule has 0 saturated carbocycles. The average Bonchev–Trinajstić information content (AvgIpc) is 2.72. The summed E-state index contributed by atoms with van der Waals surface area (Å²) in [4.78, 5) is 4.40. The lowest BCUT2D eigenvalue weighted by Crippen LogP contribution is -2.52. The summed E-state index contributed by atoms with van der Waals surface area (Å²) in [5, 5.41) is 3.40. The first-order valence-corrected chi connectivity index (χ1v) is 6.43. The summed E-state index contributed by atoms with van der Waals surface area (Å²) in [5.41, 5.74) is -0.0566.